The Labute approximate surface area is 227 Å². The number of carbonyl (C=O) groups excluding carboxylic acids is 3. The van der Waals surface area contributed by atoms with E-state index in [9.17, 15) is 14.4 Å². The van der Waals surface area contributed by atoms with E-state index in [1.165, 1.54) is 4.90 Å². The van der Waals surface area contributed by atoms with Gasteiger partial charge in [-0.15, -0.1) is 11.3 Å². The zero-order chi connectivity index (χ0) is 27.0. The van der Waals surface area contributed by atoms with Gasteiger partial charge in [-0.3, -0.25) is 14.4 Å². The predicted molar refractivity (Wildman–Crippen MR) is 146 cm³/mol. The molecule has 1 aromatic carbocycles. The van der Waals surface area contributed by atoms with E-state index in [2.05, 4.69) is 22.2 Å². The third-order valence-corrected chi connectivity index (χ3v) is 8.88. The van der Waals surface area contributed by atoms with Crippen LogP contribution in [0.2, 0.25) is 0 Å². The van der Waals surface area contributed by atoms with Crippen molar-refractivity contribution < 1.29 is 19.1 Å². The van der Waals surface area contributed by atoms with E-state index in [-0.39, 0.29) is 36.7 Å². The van der Waals surface area contributed by atoms with E-state index in [0.29, 0.717) is 12.0 Å². The van der Waals surface area contributed by atoms with Crippen LogP contribution in [0.25, 0.3) is 11.3 Å². The van der Waals surface area contributed by atoms with Crippen LogP contribution in [0.3, 0.4) is 0 Å². The molecule has 2 amide bonds. The number of Topliss-reactive ketones (excluding diaryl/α,β-unsaturated/α-hetero) is 1. The van der Waals surface area contributed by atoms with E-state index in [0.717, 1.165) is 42.6 Å². The molecular formula is C27H36N6O4S. The Morgan fingerprint density at radius 1 is 1.21 bits per heavy atom. The number of nitrogens with two attached hydrogens (primary N) is 1. The first-order chi connectivity index (χ1) is 18.3. The summed E-state index contributed by atoms with van der Waals surface area (Å²) in [6, 6.07) is 5.43. The number of aromatic nitrogens is 1. The first kappa shape index (κ1) is 26.7. The Balaban J connectivity index is 1.27. The van der Waals surface area contributed by atoms with Gasteiger partial charge < -0.3 is 30.5 Å². The van der Waals surface area contributed by atoms with Crippen LogP contribution in [0, 0.1) is 5.92 Å². The molecule has 3 fully saturated rings. The van der Waals surface area contributed by atoms with Crippen molar-refractivity contribution in [3.63, 3.8) is 0 Å². The number of ketones is 1. The lowest BCUT2D eigenvalue weighted by atomic mass is 9.96. The summed E-state index contributed by atoms with van der Waals surface area (Å²) in [7, 11) is 2.13. The average Bonchev–Trinajstić information content (AvgIpc) is 3.65. The van der Waals surface area contributed by atoms with Crippen LogP contribution < -0.4 is 16.0 Å². The Bertz CT molecular complexity index is 1180. The number of piperazine rings is 1. The summed E-state index contributed by atoms with van der Waals surface area (Å²) >= 11 is 1.63. The number of likely N-dealkylation sites (tertiary alicyclic amines) is 1. The molecule has 5 atom stereocenters. The fourth-order valence-corrected chi connectivity index (χ4v) is 6.23. The fourth-order valence-electron chi connectivity index (χ4n) is 5.34. The normalized spacial score (nSPS) is 25.4. The van der Waals surface area contributed by atoms with E-state index < -0.39 is 24.2 Å². The van der Waals surface area contributed by atoms with Crippen molar-refractivity contribution in [3.8, 4) is 11.3 Å². The molecule has 0 radical (unpaired) electrons. The zero-order valence-corrected chi connectivity index (χ0v) is 22.9. The van der Waals surface area contributed by atoms with Gasteiger partial charge in [0, 0.05) is 49.2 Å². The van der Waals surface area contributed by atoms with Gasteiger partial charge in [0.15, 0.2) is 10.9 Å². The molecule has 3 aliphatic heterocycles. The highest BCUT2D eigenvalue weighted by Crippen LogP contribution is 2.30. The van der Waals surface area contributed by atoms with E-state index >= 15 is 0 Å². The molecule has 0 unspecified atom stereocenters. The maximum absolute atomic E-state index is 13.6. The molecule has 2 aromatic rings. The highest BCUT2D eigenvalue weighted by Gasteiger charge is 2.52. The van der Waals surface area contributed by atoms with Gasteiger partial charge in [0.1, 0.15) is 24.8 Å². The number of benzene rings is 1. The molecule has 38 heavy (non-hydrogen) atoms. The Morgan fingerprint density at radius 3 is 2.61 bits per heavy atom. The number of amides is 2. The van der Waals surface area contributed by atoms with Gasteiger partial charge in [-0.1, -0.05) is 32.4 Å². The van der Waals surface area contributed by atoms with Gasteiger partial charge in [-0.25, -0.2) is 4.98 Å². The first-order valence-electron chi connectivity index (χ1n) is 13.3. The van der Waals surface area contributed by atoms with Gasteiger partial charge in [0.2, 0.25) is 5.91 Å². The van der Waals surface area contributed by atoms with E-state index in [1.807, 2.05) is 31.4 Å². The molecule has 0 saturated carbocycles. The summed E-state index contributed by atoms with van der Waals surface area (Å²) < 4.78 is 5.52. The summed E-state index contributed by atoms with van der Waals surface area (Å²) in [5.74, 6) is -0.883. The summed E-state index contributed by atoms with van der Waals surface area (Å²) in [5.41, 5.74) is 8.43. The van der Waals surface area contributed by atoms with Gasteiger partial charge in [0.25, 0.3) is 5.91 Å². The molecule has 4 heterocycles. The summed E-state index contributed by atoms with van der Waals surface area (Å²) in [6.45, 7) is 8.07. The SMILES string of the molecule is CC[C@H](C)[C@H](NC(=O)c1ccc(-c2csc(N3CCN(C)CC3)n2)cc1)C(=O)N1C[C@@H](N)[C@H]2OCC(=O)[C@H]21. The van der Waals surface area contributed by atoms with Gasteiger partial charge >= 0.3 is 0 Å². The number of nitrogens with one attached hydrogen (secondary N) is 1. The van der Waals surface area contributed by atoms with Crippen LogP contribution in [-0.4, -0.2) is 103 Å². The number of fused-ring (bicyclic) bond motifs is 1. The van der Waals surface area contributed by atoms with Crippen molar-refractivity contribution in [2.24, 2.45) is 11.7 Å². The molecule has 3 N–H and O–H groups in total. The molecule has 204 valence electrons. The minimum Gasteiger partial charge on any atom is -0.366 e. The molecule has 3 saturated heterocycles. The Hall–Kier alpha value is -2.86. The molecule has 0 aliphatic carbocycles. The Morgan fingerprint density at radius 2 is 1.92 bits per heavy atom. The summed E-state index contributed by atoms with van der Waals surface area (Å²) in [5, 5.41) is 5.99. The number of anilines is 1. The lowest BCUT2D eigenvalue weighted by Gasteiger charge is -2.32. The molecule has 11 heteroatoms. The number of carbonyl (C=O) groups is 3. The predicted octanol–water partition coefficient (Wildman–Crippen LogP) is 1.21. The third kappa shape index (κ3) is 5.20. The van der Waals surface area contributed by atoms with E-state index in [4.69, 9.17) is 15.5 Å². The highest BCUT2D eigenvalue weighted by molar-refractivity contribution is 7.14. The van der Waals surface area contributed by atoms with Crippen molar-refractivity contribution in [2.75, 3.05) is 51.3 Å². The van der Waals surface area contributed by atoms with Gasteiger partial charge in [-0.2, -0.15) is 0 Å². The standard InChI is InChI=1S/C27H36N6O4S/c1-4-16(2)22(26(36)33-13-19(28)24-23(33)21(34)14-37-24)30-25(35)18-7-5-17(6-8-18)20-15-38-27(29-20)32-11-9-31(3)10-12-32/h5-8,15-16,19,22-24H,4,9-14,28H2,1-3H3,(H,30,35)/t16-,19+,22-,23+,24+/m0/s1. The first-order valence-corrected chi connectivity index (χ1v) is 14.2. The van der Waals surface area contributed by atoms with Crippen LogP contribution in [0.5, 0.6) is 0 Å². The molecule has 5 rings (SSSR count). The quantitative estimate of drug-likeness (QED) is 0.538. The Kier molecular flexibility index (Phi) is 7.80. The summed E-state index contributed by atoms with van der Waals surface area (Å²) in [6.07, 6.45) is 0.211. The number of likely N-dealkylation sites (N-methyl/N-ethyl adjacent to an activating group) is 1. The third-order valence-electron chi connectivity index (χ3n) is 7.98. The van der Waals surface area contributed by atoms with Gasteiger partial charge in [0.05, 0.1) is 11.7 Å². The number of hydrogen-bond acceptors (Lipinski definition) is 9. The number of ether oxygens (including phenoxy) is 1. The highest BCUT2D eigenvalue weighted by atomic mass is 32.1. The molecule has 0 bridgehead atoms. The maximum atomic E-state index is 13.6. The molecule has 3 aliphatic rings. The van der Waals surface area contributed by atoms with Gasteiger partial charge in [-0.05, 0) is 25.1 Å². The van der Waals surface area contributed by atoms with Crippen LogP contribution in [0.15, 0.2) is 29.6 Å². The fraction of sp³-hybridized carbons (Fsp3) is 0.556. The number of rotatable bonds is 7. The minimum absolute atomic E-state index is 0.0324. The smallest absolute Gasteiger partial charge is 0.251 e. The second-order valence-corrected chi connectivity index (χ2v) is 11.4. The summed E-state index contributed by atoms with van der Waals surface area (Å²) in [4.78, 5) is 50.1. The van der Waals surface area contributed by atoms with Crippen LogP contribution >= 0.6 is 11.3 Å². The molecule has 1 aromatic heterocycles. The number of nitrogens with zero attached hydrogens (tertiary/aromatic N) is 4. The van der Waals surface area contributed by atoms with Crippen LogP contribution in [-0.2, 0) is 14.3 Å². The lowest BCUT2D eigenvalue weighted by Crippen LogP contribution is -2.54. The molecular weight excluding hydrogens is 504 g/mol. The van der Waals surface area contributed by atoms with Crippen LogP contribution in [0.1, 0.15) is 30.6 Å². The van der Waals surface area contributed by atoms with Crippen molar-refractivity contribution in [3.05, 3.63) is 35.2 Å². The lowest BCUT2D eigenvalue weighted by molar-refractivity contribution is -0.139. The second-order valence-electron chi connectivity index (χ2n) is 10.6. The van der Waals surface area contributed by atoms with Crippen molar-refractivity contribution in [2.45, 2.75) is 44.5 Å². The van der Waals surface area contributed by atoms with Crippen molar-refractivity contribution in [1.29, 1.82) is 0 Å². The monoisotopic (exact) mass is 540 g/mol. The topological polar surface area (TPSA) is 121 Å². The largest absolute Gasteiger partial charge is 0.366 e. The number of thiazole rings is 1. The van der Waals surface area contributed by atoms with Crippen molar-refractivity contribution in [1.82, 2.24) is 20.1 Å². The zero-order valence-electron chi connectivity index (χ0n) is 22.1. The average molecular weight is 541 g/mol. The maximum Gasteiger partial charge on any atom is 0.251 e. The number of hydrogen-bond donors (Lipinski definition) is 2. The van der Waals surface area contributed by atoms with E-state index in [1.54, 1.807) is 23.5 Å². The second kappa shape index (κ2) is 11.1. The molecule has 0 spiro atoms. The van der Waals surface area contributed by atoms with Crippen LogP contribution in [0.4, 0.5) is 5.13 Å². The van der Waals surface area contributed by atoms with Crippen molar-refractivity contribution >= 4 is 34.1 Å². The minimum atomic E-state index is -0.767. The molecule has 10 nitrogen and oxygen atoms in total.